The topological polar surface area (TPSA) is 179 Å². The van der Waals surface area contributed by atoms with E-state index in [9.17, 15) is 34.6 Å². The minimum atomic E-state index is -1.36. The average molecular weight is 534 g/mol. The van der Waals surface area contributed by atoms with Crippen molar-refractivity contribution in [1.29, 1.82) is 0 Å². The highest BCUT2D eigenvalue weighted by molar-refractivity contribution is 5.95. The summed E-state index contributed by atoms with van der Waals surface area (Å²) >= 11 is 0. The van der Waals surface area contributed by atoms with Gasteiger partial charge >= 0.3 is 5.97 Å². The van der Waals surface area contributed by atoms with Crippen molar-refractivity contribution < 1.29 is 43.8 Å². The summed E-state index contributed by atoms with van der Waals surface area (Å²) in [5.41, 5.74) is -0.351. The van der Waals surface area contributed by atoms with Crippen molar-refractivity contribution in [2.45, 2.75) is 58.9 Å². The molecule has 0 saturated heterocycles. The van der Waals surface area contributed by atoms with Crippen LogP contribution in [0.4, 0.5) is 0 Å². The molecule has 38 heavy (non-hydrogen) atoms. The Kier molecular flexibility index (Phi) is 11.6. The number of benzene rings is 1. The molecule has 0 bridgehead atoms. The summed E-state index contributed by atoms with van der Waals surface area (Å²) in [5, 5.41) is 35.3. The molecule has 0 aliphatic heterocycles. The number of hydrogen-bond donors (Lipinski definition) is 5. The van der Waals surface area contributed by atoms with Crippen LogP contribution in [0.15, 0.2) is 28.7 Å². The van der Waals surface area contributed by atoms with E-state index in [1.807, 2.05) is 6.92 Å². The molecule has 1 aromatic heterocycles. The lowest BCUT2D eigenvalue weighted by Crippen LogP contribution is -2.47. The first-order valence-electron chi connectivity index (χ1n) is 12.5. The number of rotatable bonds is 16. The standard InChI is InChI=1S/C26H35N3O9/c1-4-7-8-9-17(20(5-2)29(36)15-30)24(32)27-14-28-25(33)22-11-10-21(38-22)18-12-16(37-6-3)13-19(23(18)31)26(34)35/h10-13,15,17,20,31,36H,4-9,14H2,1-3H3,(H,27,32)(H,28,33)(H,34,35)/t17-,20-/m1/s1. The van der Waals surface area contributed by atoms with Crippen LogP contribution in [-0.4, -0.2) is 64.0 Å². The molecule has 3 amide bonds. The number of carboxylic acids is 1. The van der Waals surface area contributed by atoms with Crippen molar-refractivity contribution in [3.63, 3.8) is 0 Å². The minimum absolute atomic E-state index is 0.0324. The van der Waals surface area contributed by atoms with E-state index in [0.717, 1.165) is 19.3 Å². The van der Waals surface area contributed by atoms with Gasteiger partial charge in [0.15, 0.2) is 5.76 Å². The first-order chi connectivity index (χ1) is 18.2. The Morgan fingerprint density at radius 1 is 1.13 bits per heavy atom. The summed E-state index contributed by atoms with van der Waals surface area (Å²) in [6, 6.07) is 4.62. The predicted molar refractivity (Wildman–Crippen MR) is 136 cm³/mol. The zero-order valence-electron chi connectivity index (χ0n) is 21.7. The molecule has 0 fully saturated rings. The van der Waals surface area contributed by atoms with Crippen LogP contribution in [0.2, 0.25) is 0 Å². The van der Waals surface area contributed by atoms with Crippen LogP contribution in [0, 0.1) is 5.92 Å². The van der Waals surface area contributed by atoms with Gasteiger partial charge in [-0.3, -0.25) is 19.6 Å². The highest BCUT2D eigenvalue weighted by Gasteiger charge is 2.30. The number of carbonyl (C=O) groups excluding carboxylic acids is 3. The van der Waals surface area contributed by atoms with E-state index in [0.29, 0.717) is 17.9 Å². The number of aromatic hydroxyl groups is 1. The fourth-order valence-electron chi connectivity index (χ4n) is 4.09. The molecule has 5 N–H and O–H groups in total. The number of carbonyl (C=O) groups is 4. The van der Waals surface area contributed by atoms with E-state index in [1.54, 1.807) is 13.8 Å². The molecular weight excluding hydrogens is 498 g/mol. The van der Waals surface area contributed by atoms with E-state index in [2.05, 4.69) is 10.6 Å². The Morgan fingerprint density at radius 2 is 1.87 bits per heavy atom. The summed E-state index contributed by atoms with van der Waals surface area (Å²) < 4.78 is 10.9. The molecule has 2 atom stereocenters. The minimum Gasteiger partial charge on any atom is -0.506 e. The van der Waals surface area contributed by atoms with Crippen LogP contribution in [0.25, 0.3) is 11.3 Å². The Hall–Kier alpha value is -4.06. The molecule has 0 saturated carbocycles. The summed E-state index contributed by atoms with van der Waals surface area (Å²) in [7, 11) is 0. The third kappa shape index (κ3) is 7.72. The largest absolute Gasteiger partial charge is 0.506 e. The summed E-state index contributed by atoms with van der Waals surface area (Å²) in [6.07, 6.45) is 3.66. The smallest absolute Gasteiger partial charge is 0.339 e. The first kappa shape index (κ1) is 30.2. The number of carboxylic acid groups (broad SMARTS) is 1. The van der Waals surface area contributed by atoms with E-state index >= 15 is 0 Å². The van der Waals surface area contributed by atoms with Gasteiger partial charge in [-0.05, 0) is 44.0 Å². The van der Waals surface area contributed by atoms with Gasteiger partial charge < -0.3 is 30.0 Å². The van der Waals surface area contributed by atoms with Crippen molar-refractivity contribution >= 4 is 24.2 Å². The van der Waals surface area contributed by atoms with Crippen LogP contribution < -0.4 is 15.4 Å². The zero-order valence-corrected chi connectivity index (χ0v) is 21.7. The second kappa shape index (κ2) is 14.6. The number of amides is 3. The molecule has 0 aliphatic rings. The number of aromatic carboxylic acids is 1. The number of nitrogens with zero attached hydrogens (tertiary/aromatic N) is 1. The lowest BCUT2D eigenvalue weighted by atomic mass is 9.90. The Bertz CT molecular complexity index is 1120. The molecular formula is C26H35N3O9. The van der Waals surface area contributed by atoms with E-state index in [4.69, 9.17) is 9.15 Å². The maximum atomic E-state index is 12.8. The summed E-state index contributed by atoms with van der Waals surface area (Å²) in [6.45, 7) is 5.53. The van der Waals surface area contributed by atoms with Gasteiger partial charge in [-0.25, -0.2) is 9.86 Å². The maximum absolute atomic E-state index is 12.8. The fraction of sp³-hybridized carbons (Fsp3) is 0.462. The summed E-state index contributed by atoms with van der Waals surface area (Å²) in [5.74, 6) is -3.55. The zero-order chi connectivity index (χ0) is 28.2. The quantitative estimate of drug-likeness (QED) is 0.0711. The average Bonchev–Trinajstić information content (AvgIpc) is 3.39. The van der Waals surface area contributed by atoms with Gasteiger partial charge in [-0.15, -0.1) is 0 Å². The van der Waals surface area contributed by atoms with E-state index in [1.165, 1.54) is 24.3 Å². The Labute approximate surface area is 220 Å². The van der Waals surface area contributed by atoms with Crippen LogP contribution >= 0.6 is 0 Å². The molecule has 208 valence electrons. The molecule has 1 aromatic carbocycles. The number of unbranched alkanes of at least 4 members (excludes halogenated alkanes) is 2. The lowest BCUT2D eigenvalue weighted by Gasteiger charge is -2.29. The normalized spacial score (nSPS) is 12.3. The SMILES string of the molecule is CCCCC[C@@H](C(=O)NCNC(=O)c1ccc(-c2cc(OCC)cc(C(=O)O)c2O)o1)[C@@H](CC)N(O)C=O. The predicted octanol–water partition coefficient (Wildman–Crippen LogP) is 3.38. The number of nitrogens with one attached hydrogen (secondary N) is 2. The second-order valence-corrected chi connectivity index (χ2v) is 8.56. The van der Waals surface area contributed by atoms with Crippen molar-refractivity contribution in [2.24, 2.45) is 5.92 Å². The van der Waals surface area contributed by atoms with Gasteiger partial charge in [0.25, 0.3) is 5.91 Å². The van der Waals surface area contributed by atoms with Gasteiger partial charge in [0, 0.05) is 0 Å². The molecule has 2 rings (SSSR count). The second-order valence-electron chi connectivity index (χ2n) is 8.56. The molecule has 0 spiro atoms. The molecule has 0 radical (unpaired) electrons. The van der Waals surface area contributed by atoms with Crippen molar-refractivity contribution in [2.75, 3.05) is 13.3 Å². The van der Waals surface area contributed by atoms with Crippen LogP contribution in [0.5, 0.6) is 11.5 Å². The highest BCUT2D eigenvalue weighted by atomic mass is 16.5. The van der Waals surface area contributed by atoms with Gasteiger partial charge in [0.2, 0.25) is 12.3 Å². The van der Waals surface area contributed by atoms with Crippen LogP contribution in [0.1, 0.15) is 73.8 Å². The third-order valence-electron chi connectivity index (χ3n) is 6.02. The van der Waals surface area contributed by atoms with Crippen molar-refractivity contribution in [3.05, 3.63) is 35.6 Å². The molecule has 0 unspecified atom stereocenters. The first-order valence-corrected chi connectivity index (χ1v) is 12.5. The van der Waals surface area contributed by atoms with E-state index in [-0.39, 0.29) is 48.1 Å². The number of hydrogen-bond acceptors (Lipinski definition) is 8. The molecule has 12 heteroatoms. The number of hydroxylamine groups is 2. The number of phenols is 1. The third-order valence-corrected chi connectivity index (χ3v) is 6.02. The summed E-state index contributed by atoms with van der Waals surface area (Å²) in [4.78, 5) is 48.0. The maximum Gasteiger partial charge on any atom is 0.339 e. The monoisotopic (exact) mass is 533 g/mol. The van der Waals surface area contributed by atoms with Crippen molar-refractivity contribution in [1.82, 2.24) is 15.7 Å². The molecule has 1 heterocycles. The van der Waals surface area contributed by atoms with Gasteiger partial charge in [-0.2, -0.15) is 0 Å². The van der Waals surface area contributed by atoms with Gasteiger partial charge in [0.05, 0.1) is 30.8 Å². The van der Waals surface area contributed by atoms with Crippen LogP contribution in [-0.2, 0) is 9.59 Å². The molecule has 12 nitrogen and oxygen atoms in total. The highest BCUT2D eigenvalue weighted by Crippen LogP contribution is 2.37. The van der Waals surface area contributed by atoms with Gasteiger partial charge in [0.1, 0.15) is 22.8 Å². The Morgan fingerprint density at radius 3 is 2.47 bits per heavy atom. The molecule has 0 aliphatic carbocycles. The van der Waals surface area contributed by atoms with Gasteiger partial charge in [-0.1, -0.05) is 33.1 Å². The Balaban J connectivity index is 2.10. The van der Waals surface area contributed by atoms with E-state index < -0.39 is 35.5 Å². The fourth-order valence-corrected chi connectivity index (χ4v) is 4.09. The number of furan rings is 1. The molecule has 2 aromatic rings. The van der Waals surface area contributed by atoms with Crippen LogP contribution in [0.3, 0.4) is 0 Å². The lowest BCUT2D eigenvalue weighted by molar-refractivity contribution is -0.168. The number of ether oxygens (including phenoxy) is 1. The van der Waals surface area contributed by atoms with Crippen molar-refractivity contribution in [3.8, 4) is 22.8 Å².